The van der Waals surface area contributed by atoms with Gasteiger partial charge in [-0.1, -0.05) is 50.3 Å². The molecule has 4 atom stereocenters. The summed E-state index contributed by atoms with van der Waals surface area (Å²) in [6.45, 7) is -0.517. The number of hydrogen-bond acceptors (Lipinski definition) is 10. The quantitative estimate of drug-likeness (QED) is 0.125. The SMILES string of the molecule is O=C(O)CNC(=O)[C@@H](CC1CCCCC1)NC(=O)CNC(=O)COc1ccc([C@@H]2[C@@H](SCC(O)c3ccc4c(c3)OCCO4)C(=O)N2c2ccc(F)cc2)cc1. The van der Waals surface area contributed by atoms with E-state index in [0.717, 1.165) is 37.7 Å². The molecule has 14 nitrogen and oxygen atoms in total. The van der Waals surface area contributed by atoms with Gasteiger partial charge in [0.2, 0.25) is 17.7 Å². The first-order chi connectivity index (χ1) is 27.0. The number of carbonyl (C=O) groups is 5. The van der Waals surface area contributed by atoms with Gasteiger partial charge in [-0.2, -0.15) is 0 Å². The predicted octanol–water partition coefficient (Wildman–Crippen LogP) is 3.67. The van der Waals surface area contributed by atoms with Gasteiger partial charge in [-0.25, -0.2) is 4.39 Å². The number of carboxylic acids is 1. The number of carboxylic acid groups (broad SMARTS) is 1. The molecule has 4 amide bonds. The van der Waals surface area contributed by atoms with E-state index in [1.165, 1.54) is 36.0 Å². The number of carbonyl (C=O) groups excluding carboxylic acids is 4. The number of hydrogen-bond donors (Lipinski definition) is 5. The molecule has 16 heteroatoms. The van der Waals surface area contributed by atoms with Gasteiger partial charge in [-0.3, -0.25) is 24.0 Å². The van der Waals surface area contributed by atoms with Crippen molar-refractivity contribution in [1.29, 1.82) is 0 Å². The third kappa shape index (κ3) is 10.5. The van der Waals surface area contributed by atoms with E-state index in [1.807, 2.05) is 0 Å². The number of thioether (sulfide) groups is 1. The Balaban J connectivity index is 1.03. The summed E-state index contributed by atoms with van der Waals surface area (Å²) >= 11 is 1.31. The molecule has 3 aromatic carbocycles. The Morgan fingerprint density at radius 2 is 1.61 bits per heavy atom. The lowest BCUT2D eigenvalue weighted by Crippen LogP contribution is -2.57. The van der Waals surface area contributed by atoms with Gasteiger partial charge in [-0.05, 0) is 72.0 Å². The van der Waals surface area contributed by atoms with Crippen LogP contribution in [0.4, 0.5) is 10.1 Å². The standard InChI is InChI=1S/C40H45FN4O10S/c41-27-9-11-28(12-10-27)45-37(38(40(45)52)56-23-31(46)26-8-15-32-33(19-26)54-17-16-53-32)25-6-13-29(14-7-25)55-22-35(48)42-20-34(47)44-30(39(51)43-21-36(49)50)18-24-4-2-1-3-5-24/h6-15,19,24,30-31,37-38,46H,1-5,16-18,20-23H2,(H,42,48)(H,43,51)(H,44,47)(H,49,50)/t30-,31?,37-,38-/m1/s1. The normalized spacial score (nSPS) is 18.9. The number of amides is 4. The molecule has 298 valence electrons. The van der Waals surface area contributed by atoms with Crippen LogP contribution in [0.25, 0.3) is 0 Å². The number of aliphatic hydroxyl groups is 1. The van der Waals surface area contributed by atoms with Crippen molar-refractivity contribution in [1.82, 2.24) is 16.0 Å². The second kappa shape index (κ2) is 19.0. The van der Waals surface area contributed by atoms with Crippen LogP contribution >= 0.6 is 11.8 Å². The smallest absolute Gasteiger partial charge is 0.322 e. The third-order valence-corrected chi connectivity index (χ3v) is 11.3. The highest BCUT2D eigenvalue weighted by atomic mass is 32.2. The lowest BCUT2D eigenvalue weighted by atomic mass is 9.84. The first-order valence-electron chi connectivity index (χ1n) is 18.6. The summed E-state index contributed by atoms with van der Waals surface area (Å²) in [5, 5.41) is 26.9. The minimum atomic E-state index is -1.20. The molecule has 1 unspecified atom stereocenters. The van der Waals surface area contributed by atoms with Crippen LogP contribution in [0.2, 0.25) is 0 Å². The highest BCUT2D eigenvalue weighted by Crippen LogP contribution is 2.46. The van der Waals surface area contributed by atoms with Gasteiger partial charge in [-0.15, -0.1) is 11.8 Å². The molecule has 5 N–H and O–H groups in total. The minimum Gasteiger partial charge on any atom is -0.486 e. The van der Waals surface area contributed by atoms with Gasteiger partial charge in [0, 0.05) is 11.4 Å². The number of aliphatic hydroxyl groups excluding tert-OH is 1. The molecular weight excluding hydrogens is 748 g/mol. The van der Waals surface area contributed by atoms with Gasteiger partial charge in [0.15, 0.2) is 18.1 Å². The molecule has 2 aliphatic heterocycles. The van der Waals surface area contributed by atoms with Crippen LogP contribution in [0.5, 0.6) is 17.2 Å². The van der Waals surface area contributed by atoms with E-state index in [2.05, 4.69) is 16.0 Å². The summed E-state index contributed by atoms with van der Waals surface area (Å²) in [6, 6.07) is 16.3. The van der Waals surface area contributed by atoms with Crippen molar-refractivity contribution >= 4 is 47.0 Å². The van der Waals surface area contributed by atoms with Gasteiger partial charge < -0.3 is 45.3 Å². The Labute approximate surface area is 327 Å². The summed E-state index contributed by atoms with van der Waals surface area (Å²) in [6.07, 6.45) is 4.52. The van der Waals surface area contributed by atoms with E-state index in [0.29, 0.717) is 48.1 Å². The summed E-state index contributed by atoms with van der Waals surface area (Å²) < 4.78 is 30.6. The molecule has 6 rings (SSSR count). The van der Waals surface area contributed by atoms with E-state index in [4.69, 9.17) is 19.3 Å². The van der Waals surface area contributed by atoms with Crippen molar-refractivity contribution in [2.24, 2.45) is 5.92 Å². The number of aliphatic carboxylic acids is 1. The van der Waals surface area contributed by atoms with Crippen LogP contribution < -0.4 is 35.1 Å². The number of β-lactam (4-membered cyclic amide) rings is 1. The van der Waals surface area contributed by atoms with Crippen molar-refractivity contribution < 1.29 is 52.8 Å². The summed E-state index contributed by atoms with van der Waals surface area (Å²) in [5.41, 5.74) is 1.91. The van der Waals surface area contributed by atoms with Gasteiger partial charge in [0.25, 0.3) is 5.91 Å². The maximum Gasteiger partial charge on any atom is 0.322 e. The molecule has 1 saturated carbocycles. The number of halogens is 1. The third-order valence-electron chi connectivity index (χ3n) is 9.93. The molecule has 0 spiro atoms. The Morgan fingerprint density at radius 3 is 2.32 bits per heavy atom. The molecule has 3 aliphatic rings. The van der Waals surface area contributed by atoms with E-state index in [1.54, 1.807) is 47.4 Å². The topological polar surface area (TPSA) is 193 Å². The van der Waals surface area contributed by atoms with Crippen LogP contribution in [-0.2, 0) is 24.0 Å². The fraction of sp³-hybridized carbons (Fsp3) is 0.425. The van der Waals surface area contributed by atoms with Crippen molar-refractivity contribution in [2.75, 3.05) is 43.6 Å². The molecule has 1 aliphatic carbocycles. The van der Waals surface area contributed by atoms with Crippen molar-refractivity contribution in [3.05, 3.63) is 83.7 Å². The Kier molecular flexibility index (Phi) is 13.7. The zero-order valence-electron chi connectivity index (χ0n) is 30.6. The summed E-state index contributed by atoms with van der Waals surface area (Å²) in [4.78, 5) is 64.1. The van der Waals surface area contributed by atoms with E-state index < -0.39 is 72.6 Å². The zero-order valence-corrected chi connectivity index (χ0v) is 31.4. The van der Waals surface area contributed by atoms with Crippen molar-refractivity contribution in [3.8, 4) is 17.2 Å². The average Bonchev–Trinajstić information content (AvgIpc) is 3.21. The highest BCUT2D eigenvalue weighted by Gasteiger charge is 2.49. The summed E-state index contributed by atoms with van der Waals surface area (Å²) in [5.74, 6) is -1.62. The van der Waals surface area contributed by atoms with Crippen LogP contribution in [0.1, 0.15) is 61.8 Å². The number of anilines is 1. The number of ether oxygens (including phenoxy) is 3. The monoisotopic (exact) mass is 792 g/mol. The van der Waals surface area contributed by atoms with E-state index in [9.17, 15) is 33.5 Å². The zero-order chi connectivity index (χ0) is 39.6. The van der Waals surface area contributed by atoms with Crippen LogP contribution in [0.3, 0.4) is 0 Å². The molecule has 0 radical (unpaired) electrons. The van der Waals surface area contributed by atoms with E-state index >= 15 is 0 Å². The average molecular weight is 793 g/mol. The number of nitrogens with zero attached hydrogens (tertiary/aromatic N) is 1. The first-order valence-corrected chi connectivity index (χ1v) is 19.7. The van der Waals surface area contributed by atoms with Gasteiger partial charge in [0.05, 0.1) is 18.7 Å². The molecule has 56 heavy (non-hydrogen) atoms. The first kappa shape index (κ1) is 40.3. The number of nitrogens with one attached hydrogen (secondary N) is 3. The largest absolute Gasteiger partial charge is 0.486 e. The van der Waals surface area contributed by atoms with Gasteiger partial charge in [0.1, 0.15) is 42.6 Å². The fourth-order valence-electron chi connectivity index (χ4n) is 7.06. The molecule has 0 bridgehead atoms. The Morgan fingerprint density at radius 1 is 0.893 bits per heavy atom. The number of benzene rings is 3. The summed E-state index contributed by atoms with van der Waals surface area (Å²) in [7, 11) is 0. The molecule has 0 aromatic heterocycles. The minimum absolute atomic E-state index is 0.191. The number of fused-ring (bicyclic) bond motifs is 1. The Bertz CT molecular complexity index is 1880. The Hall–Kier alpha value is -5.35. The van der Waals surface area contributed by atoms with Crippen LogP contribution in [-0.4, -0.2) is 89.8 Å². The van der Waals surface area contributed by atoms with Crippen LogP contribution in [0, 0.1) is 11.7 Å². The highest BCUT2D eigenvalue weighted by molar-refractivity contribution is 8.00. The van der Waals surface area contributed by atoms with E-state index in [-0.39, 0.29) is 17.6 Å². The van der Waals surface area contributed by atoms with Crippen molar-refractivity contribution in [2.45, 2.75) is 62.0 Å². The second-order valence-corrected chi connectivity index (χ2v) is 15.1. The molecular formula is C40H45FN4O10S. The second-order valence-electron chi connectivity index (χ2n) is 13.9. The predicted molar refractivity (Wildman–Crippen MR) is 204 cm³/mol. The van der Waals surface area contributed by atoms with Crippen molar-refractivity contribution in [3.63, 3.8) is 0 Å². The lowest BCUT2D eigenvalue weighted by Gasteiger charge is -2.47. The van der Waals surface area contributed by atoms with Gasteiger partial charge >= 0.3 is 5.97 Å². The molecule has 1 saturated heterocycles. The maximum absolute atomic E-state index is 13.8. The lowest BCUT2D eigenvalue weighted by molar-refractivity contribution is -0.138. The fourth-order valence-corrected chi connectivity index (χ4v) is 8.35. The molecule has 3 aromatic rings. The van der Waals surface area contributed by atoms with Crippen LogP contribution in [0.15, 0.2) is 66.7 Å². The molecule has 2 fully saturated rings. The maximum atomic E-state index is 13.8. The molecule has 2 heterocycles. The number of rotatable bonds is 17.